The molecule has 0 bridgehead atoms. The maximum Gasteiger partial charge on any atom is 0.410 e. The molecule has 0 radical (unpaired) electrons. The highest BCUT2D eigenvalue weighted by Crippen LogP contribution is 2.39. The highest BCUT2D eigenvalue weighted by atomic mass is 35.5. The first kappa shape index (κ1) is 31.2. The molecule has 1 N–H and O–H groups in total. The van der Waals surface area contributed by atoms with Crippen LogP contribution in [-0.4, -0.2) is 66.9 Å². The summed E-state index contributed by atoms with van der Waals surface area (Å²) in [6.45, 7) is 14.2. The molecule has 232 valence electrons. The summed E-state index contributed by atoms with van der Waals surface area (Å²) in [6, 6.07) is 7.08. The molecule has 44 heavy (non-hydrogen) atoms. The number of hydrogen-bond donors (Lipinski definition) is 1. The Labute approximate surface area is 260 Å². The van der Waals surface area contributed by atoms with Crippen molar-refractivity contribution in [1.82, 2.24) is 24.4 Å². The predicted octanol–water partition coefficient (Wildman–Crippen LogP) is 6.22. The SMILES string of the molecule is Cc1ccnc(C(C)C)c1-n1c(=O)nc(N2CCN(C(=O)OC(C)(C)C)C[C@@H]2C)c2cc(Cl)c(-c3c(O)cccc3F)nc21. The lowest BCUT2D eigenvalue weighted by Gasteiger charge is -2.41. The largest absolute Gasteiger partial charge is 0.507 e. The normalized spacial score (nSPS) is 15.7. The Morgan fingerprint density at radius 2 is 1.91 bits per heavy atom. The third-order valence-electron chi connectivity index (χ3n) is 7.51. The molecule has 10 nitrogen and oxygen atoms in total. The Morgan fingerprint density at radius 3 is 2.55 bits per heavy atom. The van der Waals surface area contributed by atoms with Crippen LogP contribution in [0.25, 0.3) is 28.0 Å². The number of pyridine rings is 2. The van der Waals surface area contributed by atoms with Gasteiger partial charge in [0.2, 0.25) is 0 Å². The fourth-order valence-corrected chi connectivity index (χ4v) is 5.74. The van der Waals surface area contributed by atoms with Crippen molar-refractivity contribution in [2.45, 2.75) is 66.0 Å². The van der Waals surface area contributed by atoms with Crippen molar-refractivity contribution in [3.63, 3.8) is 0 Å². The number of rotatable bonds is 4. The molecule has 5 rings (SSSR count). The zero-order valence-electron chi connectivity index (χ0n) is 25.9. The van der Waals surface area contributed by atoms with Gasteiger partial charge in [-0.3, -0.25) is 4.98 Å². The zero-order valence-corrected chi connectivity index (χ0v) is 26.6. The maximum absolute atomic E-state index is 15.1. The number of carbonyl (C=O) groups is 1. The second kappa shape index (κ2) is 11.7. The van der Waals surface area contributed by atoms with Gasteiger partial charge >= 0.3 is 11.8 Å². The molecule has 1 amide bonds. The minimum atomic E-state index is -0.714. The third kappa shape index (κ3) is 5.80. The van der Waals surface area contributed by atoms with Crippen LogP contribution in [0.1, 0.15) is 58.7 Å². The van der Waals surface area contributed by atoms with Crippen molar-refractivity contribution in [1.29, 1.82) is 0 Å². The summed E-state index contributed by atoms with van der Waals surface area (Å²) >= 11 is 6.75. The van der Waals surface area contributed by atoms with Gasteiger partial charge in [-0.25, -0.2) is 23.5 Å². The summed E-state index contributed by atoms with van der Waals surface area (Å²) in [6.07, 6.45) is 1.27. The van der Waals surface area contributed by atoms with E-state index in [-0.39, 0.29) is 39.6 Å². The maximum atomic E-state index is 15.1. The van der Waals surface area contributed by atoms with Gasteiger partial charge in [0.1, 0.15) is 23.0 Å². The van der Waals surface area contributed by atoms with Crippen LogP contribution in [-0.2, 0) is 4.74 Å². The van der Waals surface area contributed by atoms with Gasteiger partial charge in [-0.2, -0.15) is 4.98 Å². The van der Waals surface area contributed by atoms with E-state index in [0.717, 1.165) is 5.56 Å². The smallest absolute Gasteiger partial charge is 0.410 e. The molecule has 1 aliphatic heterocycles. The molecular formula is C32H36ClFN6O4. The second-order valence-electron chi connectivity index (χ2n) is 12.4. The number of piperazine rings is 1. The van der Waals surface area contributed by atoms with E-state index in [0.29, 0.717) is 42.2 Å². The van der Waals surface area contributed by atoms with Gasteiger partial charge in [0.25, 0.3) is 0 Å². The first-order valence-electron chi connectivity index (χ1n) is 14.5. The van der Waals surface area contributed by atoms with Gasteiger partial charge < -0.3 is 19.6 Å². The molecule has 4 aromatic rings. The Kier molecular flexibility index (Phi) is 8.28. The Balaban J connectivity index is 1.74. The van der Waals surface area contributed by atoms with Crippen LogP contribution in [0.5, 0.6) is 5.75 Å². The third-order valence-corrected chi connectivity index (χ3v) is 7.79. The number of anilines is 1. The minimum absolute atomic E-state index is 0.0181. The van der Waals surface area contributed by atoms with E-state index in [2.05, 4.69) is 9.97 Å². The lowest BCUT2D eigenvalue weighted by molar-refractivity contribution is 0.0218. The summed E-state index contributed by atoms with van der Waals surface area (Å²) in [5, 5.41) is 11.1. The van der Waals surface area contributed by atoms with Crippen molar-refractivity contribution in [3.05, 3.63) is 69.1 Å². The topological polar surface area (TPSA) is 114 Å². The Bertz CT molecular complexity index is 1800. The van der Waals surface area contributed by atoms with Gasteiger partial charge in [-0.15, -0.1) is 0 Å². The van der Waals surface area contributed by atoms with E-state index < -0.39 is 23.2 Å². The van der Waals surface area contributed by atoms with Crippen LogP contribution in [0, 0.1) is 12.7 Å². The molecule has 3 aromatic heterocycles. The van der Waals surface area contributed by atoms with E-state index in [4.69, 9.17) is 21.3 Å². The molecule has 12 heteroatoms. The quantitative estimate of drug-likeness (QED) is 0.285. The van der Waals surface area contributed by atoms with E-state index in [9.17, 15) is 14.7 Å². The summed E-state index contributed by atoms with van der Waals surface area (Å²) in [5.41, 5.74) is 0.706. The zero-order chi connectivity index (χ0) is 32.1. The van der Waals surface area contributed by atoms with Crippen molar-refractivity contribution in [2.24, 2.45) is 0 Å². The van der Waals surface area contributed by atoms with Crippen LogP contribution in [0.4, 0.5) is 15.0 Å². The molecule has 1 aromatic carbocycles. The molecule has 1 saturated heterocycles. The van der Waals surface area contributed by atoms with Gasteiger partial charge in [-0.1, -0.05) is 31.5 Å². The molecule has 1 aliphatic rings. The number of aromatic hydroxyl groups is 1. The summed E-state index contributed by atoms with van der Waals surface area (Å²) in [5.74, 6) is -0.762. The van der Waals surface area contributed by atoms with E-state index in [1.165, 1.54) is 22.8 Å². The number of aromatic nitrogens is 4. The number of halogens is 2. The molecular weight excluding hydrogens is 587 g/mol. The van der Waals surface area contributed by atoms with Crippen molar-refractivity contribution >= 4 is 34.5 Å². The summed E-state index contributed by atoms with van der Waals surface area (Å²) in [7, 11) is 0. The fraction of sp³-hybridized carbons (Fsp3) is 0.406. The van der Waals surface area contributed by atoms with Crippen molar-refractivity contribution in [3.8, 4) is 22.7 Å². The summed E-state index contributed by atoms with van der Waals surface area (Å²) < 4.78 is 22.0. The summed E-state index contributed by atoms with van der Waals surface area (Å²) in [4.78, 5) is 44.3. The van der Waals surface area contributed by atoms with Gasteiger partial charge in [-0.05, 0) is 70.4 Å². The van der Waals surface area contributed by atoms with E-state index in [1.807, 2.05) is 53.4 Å². The molecule has 0 saturated carbocycles. The highest BCUT2D eigenvalue weighted by Gasteiger charge is 2.33. The lowest BCUT2D eigenvalue weighted by Crippen LogP contribution is -2.55. The predicted molar refractivity (Wildman–Crippen MR) is 168 cm³/mol. The number of phenolic OH excluding ortho intramolecular Hbond substituents is 1. The number of carbonyl (C=O) groups excluding carboxylic acids is 1. The number of hydrogen-bond acceptors (Lipinski definition) is 8. The van der Waals surface area contributed by atoms with E-state index >= 15 is 4.39 Å². The molecule has 4 heterocycles. The standard InChI is InChI=1S/C32H36ClFN6O4/c1-17(2)25-27(18(3)11-12-35-25)40-29-20(15-21(33)26(36-29)24-22(34)9-8-10-23(24)41)28(37-30(40)42)39-14-13-38(16-19(39)4)31(43)44-32(5,6)7/h8-12,15,17,19,41H,13-14,16H2,1-7H3/t19-/m0/s1. The van der Waals surface area contributed by atoms with Gasteiger partial charge in [0, 0.05) is 31.9 Å². The van der Waals surface area contributed by atoms with Crippen molar-refractivity contribution in [2.75, 3.05) is 24.5 Å². The average molecular weight is 623 g/mol. The van der Waals surface area contributed by atoms with Crippen molar-refractivity contribution < 1.29 is 19.0 Å². The first-order valence-corrected chi connectivity index (χ1v) is 14.9. The molecule has 1 atom stereocenters. The number of amides is 1. The number of benzene rings is 1. The number of fused-ring (bicyclic) bond motifs is 1. The minimum Gasteiger partial charge on any atom is -0.507 e. The van der Waals surface area contributed by atoms with Crippen LogP contribution in [0.15, 0.2) is 41.3 Å². The Morgan fingerprint density at radius 1 is 1.18 bits per heavy atom. The Hall–Kier alpha value is -4.25. The van der Waals surface area contributed by atoms with Crippen LogP contribution < -0.4 is 10.6 Å². The number of ether oxygens (including phenoxy) is 1. The van der Waals surface area contributed by atoms with Gasteiger partial charge in [0.15, 0.2) is 5.65 Å². The number of phenols is 1. The molecule has 0 aliphatic carbocycles. The van der Waals surface area contributed by atoms with Crippen LogP contribution in [0.3, 0.4) is 0 Å². The average Bonchev–Trinajstić information content (AvgIpc) is 2.92. The monoisotopic (exact) mass is 622 g/mol. The van der Waals surface area contributed by atoms with E-state index in [1.54, 1.807) is 23.2 Å². The highest BCUT2D eigenvalue weighted by molar-refractivity contribution is 6.34. The molecule has 0 unspecified atom stereocenters. The van der Waals surface area contributed by atoms with Crippen LogP contribution >= 0.6 is 11.6 Å². The first-order chi connectivity index (χ1) is 20.7. The molecule has 0 spiro atoms. The number of nitrogens with zero attached hydrogens (tertiary/aromatic N) is 6. The lowest BCUT2D eigenvalue weighted by atomic mass is 10.0. The van der Waals surface area contributed by atoms with Crippen LogP contribution in [0.2, 0.25) is 5.02 Å². The fourth-order valence-electron chi connectivity index (χ4n) is 5.50. The molecule has 1 fully saturated rings. The number of aryl methyl sites for hydroxylation is 1. The van der Waals surface area contributed by atoms with Gasteiger partial charge in [0.05, 0.1) is 33.0 Å². The second-order valence-corrected chi connectivity index (χ2v) is 12.8.